The topological polar surface area (TPSA) is 66.8 Å². The fourth-order valence-corrected chi connectivity index (χ4v) is 2.94. The highest BCUT2D eigenvalue weighted by Crippen LogP contribution is 2.35. The Balaban J connectivity index is 2.01. The Bertz CT molecular complexity index is 535. The average Bonchev–Trinajstić information content (AvgIpc) is 2.60. The predicted octanol–water partition coefficient (Wildman–Crippen LogP) is 2.45. The number of aliphatic carboxylic acids is 1. The average molecular weight is 319 g/mol. The first kappa shape index (κ1) is 17.5. The van der Waals surface area contributed by atoms with Crippen molar-refractivity contribution in [1.29, 1.82) is 0 Å². The zero-order chi connectivity index (χ0) is 16.9. The van der Waals surface area contributed by atoms with Gasteiger partial charge in [-0.15, -0.1) is 0 Å². The number of hydrogen-bond donors (Lipinski definition) is 1. The lowest BCUT2D eigenvalue weighted by Gasteiger charge is -2.39. The van der Waals surface area contributed by atoms with Gasteiger partial charge in [0.05, 0.1) is 11.5 Å². The minimum absolute atomic E-state index is 0.0580. The van der Waals surface area contributed by atoms with Gasteiger partial charge in [0.25, 0.3) is 0 Å². The molecule has 0 spiro atoms. The zero-order valence-corrected chi connectivity index (χ0v) is 13.8. The molecule has 1 saturated heterocycles. The van der Waals surface area contributed by atoms with E-state index in [1.165, 1.54) is 0 Å². The van der Waals surface area contributed by atoms with Crippen molar-refractivity contribution in [3.05, 3.63) is 35.9 Å². The normalized spacial score (nSPS) is 18.4. The molecule has 5 heteroatoms. The van der Waals surface area contributed by atoms with E-state index in [-0.39, 0.29) is 18.6 Å². The summed E-state index contributed by atoms with van der Waals surface area (Å²) < 4.78 is 5.48. The molecule has 1 fully saturated rings. The van der Waals surface area contributed by atoms with Crippen molar-refractivity contribution in [2.45, 2.75) is 44.6 Å². The van der Waals surface area contributed by atoms with Crippen molar-refractivity contribution in [3.63, 3.8) is 0 Å². The van der Waals surface area contributed by atoms with Gasteiger partial charge in [0.15, 0.2) is 0 Å². The van der Waals surface area contributed by atoms with E-state index in [2.05, 4.69) is 0 Å². The molecule has 0 radical (unpaired) electrons. The lowest BCUT2D eigenvalue weighted by molar-refractivity contribution is -0.149. The highest BCUT2D eigenvalue weighted by atomic mass is 16.5. The Kier molecular flexibility index (Phi) is 5.77. The minimum atomic E-state index is -0.893. The third-order valence-corrected chi connectivity index (χ3v) is 4.77. The van der Waals surface area contributed by atoms with Gasteiger partial charge in [-0.2, -0.15) is 0 Å². The molecule has 1 aromatic rings. The van der Waals surface area contributed by atoms with E-state index in [1.54, 1.807) is 4.90 Å². The molecule has 1 unspecified atom stereocenters. The molecule has 5 nitrogen and oxygen atoms in total. The van der Waals surface area contributed by atoms with Crippen LogP contribution in [0.4, 0.5) is 0 Å². The van der Waals surface area contributed by atoms with Gasteiger partial charge in [0.2, 0.25) is 5.91 Å². The predicted molar refractivity (Wildman–Crippen MR) is 87.3 cm³/mol. The number of piperidine rings is 1. The number of ether oxygens (including phenoxy) is 1. The molecule has 0 aromatic heterocycles. The summed E-state index contributed by atoms with van der Waals surface area (Å²) in [4.78, 5) is 25.8. The van der Waals surface area contributed by atoms with E-state index >= 15 is 0 Å². The number of carboxylic acid groups (broad SMARTS) is 1. The van der Waals surface area contributed by atoms with Crippen LogP contribution in [0.5, 0.6) is 0 Å². The van der Waals surface area contributed by atoms with Crippen LogP contribution in [0.3, 0.4) is 0 Å². The number of carbonyl (C=O) groups excluding carboxylic acids is 1. The van der Waals surface area contributed by atoms with Crippen molar-refractivity contribution < 1.29 is 19.4 Å². The Morgan fingerprint density at radius 3 is 2.39 bits per heavy atom. The third-order valence-electron chi connectivity index (χ3n) is 4.77. The monoisotopic (exact) mass is 319 g/mol. The molecule has 0 aliphatic carbocycles. The molecule has 0 saturated carbocycles. The lowest BCUT2D eigenvalue weighted by atomic mass is 9.73. The Morgan fingerprint density at radius 1 is 1.26 bits per heavy atom. The van der Waals surface area contributed by atoms with Crippen molar-refractivity contribution >= 4 is 11.9 Å². The van der Waals surface area contributed by atoms with Gasteiger partial charge in [0.1, 0.15) is 6.61 Å². The number of likely N-dealkylation sites (tertiary alicyclic amines) is 1. The second-order valence-corrected chi connectivity index (χ2v) is 6.16. The van der Waals surface area contributed by atoms with Crippen LogP contribution in [0.15, 0.2) is 30.3 Å². The largest absolute Gasteiger partial charge is 0.481 e. The van der Waals surface area contributed by atoms with E-state index in [4.69, 9.17) is 4.74 Å². The van der Waals surface area contributed by atoms with Crippen molar-refractivity contribution in [1.82, 2.24) is 4.90 Å². The summed E-state index contributed by atoms with van der Waals surface area (Å²) in [5.41, 5.74) is -0.0780. The highest BCUT2D eigenvalue weighted by molar-refractivity contribution is 5.83. The van der Waals surface area contributed by atoms with Gasteiger partial charge in [0, 0.05) is 13.1 Å². The molecule has 1 amide bonds. The Morgan fingerprint density at radius 2 is 1.87 bits per heavy atom. The van der Waals surface area contributed by atoms with Crippen LogP contribution in [0.1, 0.15) is 38.7 Å². The highest BCUT2D eigenvalue weighted by Gasteiger charge is 2.43. The summed E-state index contributed by atoms with van der Waals surface area (Å²) in [5, 5.41) is 9.75. The molecule has 1 atom stereocenters. The van der Waals surface area contributed by atoms with Gasteiger partial charge in [-0.3, -0.25) is 9.59 Å². The first-order valence-electron chi connectivity index (χ1n) is 8.18. The summed E-state index contributed by atoms with van der Waals surface area (Å²) in [6, 6.07) is 9.31. The fraction of sp³-hybridized carbons (Fsp3) is 0.556. The second-order valence-electron chi connectivity index (χ2n) is 6.16. The maximum Gasteiger partial charge on any atom is 0.314 e. The summed E-state index contributed by atoms with van der Waals surface area (Å²) >= 11 is 0. The fourth-order valence-electron chi connectivity index (χ4n) is 2.94. The summed E-state index contributed by atoms with van der Waals surface area (Å²) in [6.45, 7) is 4.92. The molecule has 126 valence electrons. The third kappa shape index (κ3) is 3.91. The van der Waals surface area contributed by atoms with Crippen molar-refractivity contribution in [2.75, 3.05) is 19.7 Å². The van der Waals surface area contributed by atoms with Crippen LogP contribution in [0.25, 0.3) is 0 Å². The molecule has 23 heavy (non-hydrogen) atoms. The SMILES string of the molecule is CCC(C)OCC(=O)N1CCC(C(=O)O)(c2ccccc2)CC1. The van der Waals surface area contributed by atoms with E-state index in [0.29, 0.717) is 25.9 Å². The van der Waals surface area contributed by atoms with E-state index in [1.807, 2.05) is 44.2 Å². The van der Waals surface area contributed by atoms with E-state index < -0.39 is 11.4 Å². The number of nitrogens with zero attached hydrogens (tertiary/aromatic N) is 1. The van der Waals surface area contributed by atoms with E-state index in [0.717, 1.165) is 12.0 Å². The van der Waals surface area contributed by atoms with Gasteiger partial charge < -0.3 is 14.7 Å². The molecule has 1 heterocycles. The number of carboxylic acids is 1. The van der Waals surface area contributed by atoms with E-state index in [9.17, 15) is 14.7 Å². The molecule has 0 bridgehead atoms. The smallest absolute Gasteiger partial charge is 0.314 e. The van der Waals surface area contributed by atoms with Crippen LogP contribution in [-0.4, -0.2) is 47.7 Å². The second kappa shape index (κ2) is 7.59. The molecular weight excluding hydrogens is 294 g/mol. The quantitative estimate of drug-likeness (QED) is 0.874. The molecule has 2 rings (SSSR count). The van der Waals surface area contributed by atoms with Crippen LogP contribution in [0, 0.1) is 0 Å². The molecule has 1 aromatic carbocycles. The van der Waals surface area contributed by atoms with Crippen LogP contribution >= 0.6 is 0 Å². The minimum Gasteiger partial charge on any atom is -0.481 e. The number of amides is 1. The molecule has 1 N–H and O–H groups in total. The molecular formula is C18H25NO4. The Labute approximate surface area is 137 Å². The van der Waals surface area contributed by atoms with Gasteiger partial charge >= 0.3 is 5.97 Å². The number of hydrogen-bond acceptors (Lipinski definition) is 3. The van der Waals surface area contributed by atoms with Crippen LogP contribution in [0.2, 0.25) is 0 Å². The Hall–Kier alpha value is -1.88. The van der Waals surface area contributed by atoms with Crippen molar-refractivity contribution in [3.8, 4) is 0 Å². The van der Waals surface area contributed by atoms with Crippen LogP contribution < -0.4 is 0 Å². The number of benzene rings is 1. The van der Waals surface area contributed by atoms with Gasteiger partial charge in [-0.05, 0) is 31.7 Å². The van der Waals surface area contributed by atoms with Crippen molar-refractivity contribution in [2.24, 2.45) is 0 Å². The standard InChI is InChI=1S/C18H25NO4/c1-3-14(2)23-13-16(20)19-11-9-18(10-12-19,17(21)22)15-7-5-4-6-8-15/h4-8,14H,3,9-13H2,1-2H3,(H,21,22). The van der Waals surface area contributed by atoms with Crippen LogP contribution in [-0.2, 0) is 19.7 Å². The maximum atomic E-state index is 12.2. The first-order chi connectivity index (χ1) is 11.0. The maximum absolute atomic E-state index is 12.2. The number of rotatable bonds is 6. The van der Waals surface area contributed by atoms with Gasteiger partial charge in [-0.25, -0.2) is 0 Å². The zero-order valence-electron chi connectivity index (χ0n) is 13.8. The summed E-state index contributed by atoms with van der Waals surface area (Å²) in [6.07, 6.45) is 1.79. The molecule has 1 aliphatic heterocycles. The van der Waals surface area contributed by atoms with Gasteiger partial charge in [-0.1, -0.05) is 37.3 Å². The summed E-state index contributed by atoms with van der Waals surface area (Å²) in [7, 11) is 0. The summed E-state index contributed by atoms with van der Waals surface area (Å²) in [5.74, 6) is -0.871. The number of carbonyl (C=O) groups is 2. The first-order valence-corrected chi connectivity index (χ1v) is 8.18. The lowest BCUT2D eigenvalue weighted by Crippen LogP contribution is -2.50. The molecule has 1 aliphatic rings.